The molecule has 0 fully saturated rings. The molecule has 0 saturated heterocycles. The largest absolute Gasteiger partial charge is 0.451 e. The number of thiophene rings is 1. The number of fused-ring (bicyclic) bond motifs is 1. The van der Waals surface area contributed by atoms with Crippen molar-refractivity contribution in [1.82, 2.24) is 10.9 Å². The summed E-state index contributed by atoms with van der Waals surface area (Å²) in [5.41, 5.74) is 4.62. The van der Waals surface area contributed by atoms with Crippen LogP contribution in [0.2, 0.25) is 5.02 Å². The van der Waals surface area contributed by atoms with Crippen molar-refractivity contribution in [2.24, 2.45) is 0 Å². The van der Waals surface area contributed by atoms with E-state index in [1.165, 1.54) is 36.4 Å². The highest BCUT2D eigenvalue weighted by molar-refractivity contribution is 7.20. The van der Waals surface area contributed by atoms with Gasteiger partial charge in [0.2, 0.25) is 0 Å². The lowest BCUT2D eigenvalue weighted by Crippen LogP contribution is -2.43. The van der Waals surface area contributed by atoms with Crippen LogP contribution in [-0.4, -0.2) is 24.4 Å². The van der Waals surface area contributed by atoms with Crippen molar-refractivity contribution < 1.29 is 23.5 Å². The summed E-state index contributed by atoms with van der Waals surface area (Å²) < 4.78 is 19.1. The van der Waals surface area contributed by atoms with Crippen LogP contribution in [0, 0.1) is 5.82 Å². The molecule has 0 atom stereocenters. The van der Waals surface area contributed by atoms with Gasteiger partial charge in [0.25, 0.3) is 11.8 Å². The number of carbonyl (C=O) groups is 3. The van der Waals surface area contributed by atoms with Gasteiger partial charge < -0.3 is 4.74 Å². The molecular formula is C18H12ClFN2O4S. The van der Waals surface area contributed by atoms with Crippen LogP contribution in [0.5, 0.6) is 0 Å². The molecule has 0 aliphatic carbocycles. The Morgan fingerprint density at radius 2 is 1.81 bits per heavy atom. The van der Waals surface area contributed by atoms with Gasteiger partial charge in [0.05, 0.1) is 0 Å². The molecule has 0 spiro atoms. The van der Waals surface area contributed by atoms with Crippen molar-refractivity contribution in [1.29, 1.82) is 0 Å². The molecule has 2 aromatic carbocycles. The van der Waals surface area contributed by atoms with Crippen LogP contribution >= 0.6 is 22.9 Å². The van der Waals surface area contributed by atoms with E-state index in [0.29, 0.717) is 20.7 Å². The fraction of sp³-hybridized carbons (Fsp3) is 0.0556. The monoisotopic (exact) mass is 406 g/mol. The topological polar surface area (TPSA) is 84.5 Å². The van der Waals surface area contributed by atoms with E-state index < -0.39 is 30.2 Å². The predicted octanol–water partition coefficient (Wildman–Crippen LogP) is 3.31. The van der Waals surface area contributed by atoms with E-state index >= 15 is 0 Å². The molecule has 0 aliphatic heterocycles. The lowest BCUT2D eigenvalue weighted by molar-refractivity contribution is -0.125. The van der Waals surface area contributed by atoms with Crippen LogP contribution in [0.25, 0.3) is 10.1 Å². The Labute approximate surface area is 161 Å². The summed E-state index contributed by atoms with van der Waals surface area (Å²) in [5.74, 6) is -2.47. The average molecular weight is 407 g/mol. The first kappa shape index (κ1) is 18.8. The second-order valence-electron chi connectivity index (χ2n) is 5.35. The summed E-state index contributed by atoms with van der Waals surface area (Å²) in [6, 6.07) is 11.9. The Bertz CT molecular complexity index is 1020. The van der Waals surface area contributed by atoms with Crippen molar-refractivity contribution in [3.63, 3.8) is 0 Å². The third-order valence-electron chi connectivity index (χ3n) is 3.47. The van der Waals surface area contributed by atoms with Gasteiger partial charge in [-0.15, -0.1) is 11.3 Å². The maximum Gasteiger partial charge on any atom is 0.348 e. The number of hydrogen-bond acceptors (Lipinski definition) is 5. The fourth-order valence-electron chi connectivity index (χ4n) is 2.16. The Hall–Kier alpha value is -2.97. The molecule has 0 aliphatic rings. The Morgan fingerprint density at radius 3 is 2.52 bits per heavy atom. The van der Waals surface area contributed by atoms with Gasteiger partial charge in [-0.05, 0) is 42.5 Å². The lowest BCUT2D eigenvalue weighted by atomic mass is 10.2. The maximum atomic E-state index is 13.7. The molecular weight excluding hydrogens is 395 g/mol. The molecule has 6 nitrogen and oxygen atoms in total. The minimum Gasteiger partial charge on any atom is -0.451 e. The molecule has 9 heteroatoms. The van der Waals surface area contributed by atoms with Crippen molar-refractivity contribution in [3.05, 3.63) is 69.8 Å². The van der Waals surface area contributed by atoms with Gasteiger partial charge in [-0.1, -0.05) is 17.7 Å². The molecule has 3 aromatic rings. The standard InChI is InChI=1S/C18H12ClFN2O4S/c19-11-6-4-10(5-7-11)17(24)22-21-16(23)9-26-18(25)15-8-12-13(20)2-1-3-14(12)27-15/h1-8H,9H2,(H,21,23)(H,22,24). The molecule has 0 unspecified atom stereocenters. The van der Waals surface area contributed by atoms with E-state index in [-0.39, 0.29) is 4.88 Å². The number of rotatable bonds is 4. The van der Waals surface area contributed by atoms with Gasteiger partial charge in [-0.2, -0.15) is 0 Å². The summed E-state index contributed by atoms with van der Waals surface area (Å²) in [4.78, 5) is 35.7. The molecule has 27 heavy (non-hydrogen) atoms. The second kappa shape index (κ2) is 8.15. The smallest absolute Gasteiger partial charge is 0.348 e. The number of benzene rings is 2. The van der Waals surface area contributed by atoms with Crippen LogP contribution in [-0.2, 0) is 9.53 Å². The first-order chi connectivity index (χ1) is 12.9. The highest BCUT2D eigenvalue weighted by atomic mass is 35.5. The second-order valence-corrected chi connectivity index (χ2v) is 6.87. The molecule has 0 saturated carbocycles. The van der Waals surface area contributed by atoms with E-state index in [4.69, 9.17) is 16.3 Å². The summed E-state index contributed by atoms with van der Waals surface area (Å²) >= 11 is 6.79. The molecule has 0 radical (unpaired) electrons. The number of esters is 1. The number of halogens is 2. The van der Waals surface area contributed by atoms with E-state index in [0.717, 1.165) is 11.3 Å². The maximum absolute atomic E-state index is 13.7. The number of amides is 2. The van der Waals surface area contributed by atoms with Crippen molar-refractivity contribution >= 4 is 50.8 Å². The molecule has 138 valence electrons. The van der Waals surface area contributed by atoms with Crippen LogP contribution in [0.15, 0.2) is 48.5 Å². The zero-order chi connectivity index (χ0) is 19.4. The Kier molecular flexibility index (Phi) is 5.68. The highest BCUT2D eigenvalue weighted by Crippen LogP contribution is 2.28. The van der Waals surface area contributed by atoms with E-state index in [2.05, 4.69) is 10.9 Å². The highest BCUT2D eigenvalue weighted by Gasteiger charge is 2.15. The molecule has 2 N–H and O–H groups in total. The molecule has 1 aromatic heterocycles. The van der Waals surface area contributed by atoms with Gasteiger partial charge >= 0.3 is 5.97 Å². The van der Waals surface area contributed by atoms with Gasteiger partial charge in [0, 0.05) is 20.7 Å². The first-order valence-corrected chi connectivity index (χ1v) is 8.83. The molecule has 0 bridgehead atoms. The Balaban J connectivity index is 1.50. The van der Waals surface area contributed by atoms with E-state index in [1.807, 2.05) is 0 Å². The number of hydrogen-bond donors (Lipinski definition) is 2. The van der Waals surface area contributed by atoms with Crippen molar-refractivity contribution in [2.45, 2.75) is 0 Å². The van der Waals surface area contributed by atoms with Gasteiger partial charge in [0.15, 0.2) is 6.61 Å². The van der Waals surface area contributed by atoms with Crippen LogP contribution in [0.1, 0.15) is 20.0 Å². The number of nitrogens with one attached hydrogen (secondary N) is 2. The third-order valence-corrected chi connectivity index (χ3v) is 4.80. The van der Waals surface area contributed by atoms with Gasteiger partial charge in [-0.25, -0.2) is 9.18 Å². The zero-order valence-electron chi connectivity index (χ0n) is 13.6. The third kappa shape index (κ3) is 4.60. The summed E-state index contributed by atoms with van der Waals surface area (Å²) in [6.07, 6.45) is 0. The van der Waals surface area contributed by atoms with Crippen LogP contribution in [0.4, 0.5) is 4.39 Å². The normalized spacial score (nSPS) is 10.4. The summed E-state index contributed by atoms with van der Waals surface area (Å²) in [5, 5.41) is 0.790. The van der Waals surface area contributed by atoms with Gasteiger partial charge in [-0.3, -0.25) is 20.4 Å². The molecule has 2 amide bonds. The van der Waals surface area contributed by atoms with Crippen LogP contribution < -0.4 is 10.9 Å². The van der Waals surface area contributed by atoms with E-state index in [9.17, 15) is 18.8 Å². The SMILES string of the molecule is O=C(COC(=O)c1cc2c(F)cccc2s1)NNC(=O)c1ccc(Cl)cc1. The molecule has 3 rings (SSSR count). The van der Waals surface area contributed by atoms with Gasteiger partial charge in [0.1, 0.15) is 10.7 Å². The molecule has 1 heterocycles. The Morgan fingerprint density at radius 1 is 1.07 bits per heavy atom. The number of hydrazine groups is 1. The minimum atomic E-state index is -0.755. The predicted molar refractivity (Wildman–Crippen MR) is 99.1 cm³/mol. The van der Waals surface area contributed by atoms with Crippen molar-refractivity contribution in [2.75, 3.05) is 6.61 Å². The quantitative estimate of drug-likeness (QED) is 0.514. The average Bonchev–Trinajstić information content (AvgIpc) is 3.10. The first-order valence-electron chi connectivity index (χ1n) is 7.64. The fourth-order valence-corrected chi connectivity index (χ4v) is 3.26. The van der Waals surface area contributed by atoms with E-state index in [1.54, 1.807) is 12.1 Å². The summed E-state index contributed by atoms with van der Waals surface area (Å²) in [7, 11) is 0. The zero-order valence-corrected chi connectivity index (χ0v) is 15.2. The van der Waals surface area contributed by atoms with Crippen LogP contribution in [0.3, 0.4) is 0 Å². The lowest BCUT2D eigenvalue weighted by Gasteiger charge is -2.07. The number of ether oxygens (including phenoxy) is 1. The number of carbonyl (C=O) groups excluding carboxylic acids is 3. The van der Waals surface area contributed by atoms with Crippen molar-refractivity contribution in [3.8, 4) is 0 Å². The minimum absolute atomic E-state index is 0.174. The summed E-state index contributed by atoms with van der Waals surface area (Å²) in [6.45, 7) is -0.601.